The Bertz CT molecular complexity index is 684. The van der Waals surface area contributed by atoms with Gasteiger partial charge in [-0.05, 0) is 91.3 Å². The van der Waals surface area contributed by atoms with Crippen LogP contribution in [0.25, 0.3) is 0 Å². The zero-order valence-corrected chi connectivity index (χ0v) is 18.5. The summed E-state index contributed by atoms with van der Waals surface area (Å²) in [4.78, 5) is 11.0. The zero-order chi connectivity index (χ0) is 22.1. The maximum Gasteiger partial charge on any atom is 0.303 e. The molecule has 0 bridgehead atoms. The molecule has 6 heteroatoms. The highest BCUT2D eigenvalue weighted by Gasteiger charge is 2.66. The molecule has 3 N–H and O–H groups in total. The largest absolute Gasteiger partial charge is 0.481 e. The second-order valence-corrected chi connectivity index (χ2v) is 11.6. The average molecular weight is 429 g/mol. The number of carbonyl (C=O) groups is 1. The Morgan fingerprint density at radius 2 is 1.73 bits per heavy atom. The molecule has 0 aromatic carbocycles. The van der Waals surface area contributed by atoms with Gasteiger partial charge < -0.3 is 15.3 Å². The summed E-state index contributed by atoms with van der Waals surface area (Å²) in [5.74, 6) is -2.72. The van der Waals surface area contributed by atoms with Crippen LogP contribution < -0.4 is 0 Å². The fraction of sp³-hybridized carbons (Fsp3) is 0.958. The van der Waals surface area contributed by atoms with E-state index >= 15 is 0 Å². The predicted molar refractivity (Wildman–Crippen MR) is 109 cm³/mol. The first-order valence-electron chi connectivity index (χ1n) is 11.9. The maximum atomic E-state index is 14.6. The van der Waals surface area contributed by atoms with Crippen molar-refractivity contribution in [1.82, 2.24) is 0 Å². The van der Waals surface area contributed by atoms with Crippen molar-refractivity contribution in [3.05, 3.63) is 0 Å². The van der Waals surface area contributed by atoms with Gasteiger partial charge in [-0.1, -0.05) is 20.8 Å². The van der Waals surface area contributed by atoms with Crippen LogP contribution >= 0.6 is 0 Å². The number of rotatable bonds is 4. The molecule has 0 aliphatic heterocycles. The number of carboxylic acids is 1. The van der Waals surface area contributed by atoms with Gasteiger partial charge in [-0.15, -0.1) is 0 Å². The van der Waals surface area contributed by atoms with Crippen molar-refractivity contribution in [2.24, 2.45) is 46.3 Å². The number of aliphatic hydroxyl groups excluding tert-OH is 2. The monoisotopic (exact) mass is 428 g/mol. The molecule has 4 rings (SSSR count). The van der Waals surface area contributed by atoms with Crippen molar-refractivity contribution < 1.29 is 28.9 Å². The average Bonchev–Trinajstić information content (AvgIpc) is 2.99. The van der Waals surface area contributed by atoms with Crippen molar-refractivity contribution in [2.45, 2.75) is 96.7 Å². The third-order valence-corrected chi connectivity index (χ3v) is 10.3. The summed E-state index contributed by atoms with van der Waals surface area (Å²) in [6.45, 7) is 6.46. The lowest BCUT2D eigenvalue weighted by Gasteiger charge is -2.63. The third-order valence-electron chi connectivity index (χ3n) is 10.3. The number of halogens is 2. The van der Waals surface area contributed by atoms with Crippen LogP contribution in [0.5, 0.6) is 0 Å². The first-order valence-corrected chi connectivity index (χ1v) is 11.9. The van der Waals surface area contributed by atoms with Gasteiger partial charge >= 0.3 is 5.97 Å². The molecule has 0 aromatic heterocycles. The van der Waals surface area contributed by atoms with E-state index in [1.54, 1.807) is 0 Å². The van der Waals surface area contributed by atoms with Crippen LogP contribution in [0.2, 0.25) is 0 Å². The Hall–Kier alpha value is -0.750. The van der Waals surface area contributed by atoms with E-state index in [1.165, 1.54) is 0 Å². The van der Waals surface area contributed by atoms with Gasteiger partial charge in [0, 0.05) is 12.8 Å². The Morgan fingerprint density at radius 3 is 2.40 bits per heavy atom. The summed E-state index contributed by atoms with van der Waals surface area (Å²) in [5, 5.41) is 30.2. The number of hydrogen-bond acceptors (Lipinski definition) is 3. The standard InChI is InChI=1S/C24H38F2O4/c1-13(4-7-20(29)30)15-5-6-16-21-17(8-9-22(15,16)2)23(3)12-24(25,26)19(28)11-14(23)10-18(21)27/h13-19,21,27-28H,4-12H2,1-3H3,(H,29,30)/t13-,14-,15-,16?,17?,18?,19+,21?,22-,23+/m1/s1. The van der Waals surface area contributed by atoms with E-state index in [9.17, 15) is 23.8 Å². The fourth-order valence-electron chi connectivity index (χ4n) is 8.76. The molecule has 0 radical (unpaired) electrons. The molecular formula is C24H38F2O4. The minimum atomic E-state index is -3.05. The quantitative estimate of drug-likeness (QED) is 0.605. The van der Waals surface area contributed by atoms with Crippen molar-refractivity contribution >= 4 is 5.97 Å². The predicted octanol–water partition coefficient (Wildman–Crippen LogP) is 4.72. The van der Waals surface area contributed by atoms with Gasteiger partial charge in [0.05, 0.1) is 6.10 Å². The highest BCUT2D eigenvalue weighted by molar-refractivity contribution is 5.66. The van der Waals surface area contributed by atoms with Crippen LogP contribution in [-0.2, 0) is 4.79 Å². The molecule has 0 spiro atoms. The van der Waals surface area contributed by atoms with E-state index in [1.807, 2.05) is 6.92 Å². The molecule has 0 saturated heterocycles. The van der Waals surface area contributed by atoms with Crippen LogP contribution in [0, 0.1) is 46.3 Å². The molecule has 10 atom stereocenters. The van der Waals surface area contributed by atoms with Gasteiger partial charge in [0.2, 0.25) is 0 Å². The third kappa shape index (κ3) is 3.32. The normalized spacial score (nSPS) is 50.8. The highest BCUT2D eigenvalue weighted by atomic mass is 19.3. The van der Waals surface area contributed by atoms with Crippen LogP contribution in [0.4, 0.5) is 8.78 Å². The minimum absolute atomic E-state index is 0.0349. The van der Waals surface area contributed by atoms with E-state index in [4.69, 9.17) is 5.11 Å². The Kier molecular flexibility index (Phi) is 5.53. The molecular weight excluding hydrogens is 390 g/mol. The van der Waals surface area contributed by atoms with Crippen molar-refractivity contribution in [3.8, 4) is 0 Å². The molecule has 172 valence electrons. The fourth-order valence-corrected chi connectivity index (χ4v) is 8.76. The molecule has 4 aliphatic rings. The minimum Gasteiger partial charge on any atom is -0.481 e. The second-order valence-electron chi connectivity index (χ2n) is 11.6. The lowest BCUT2D eigenvalue weighted by molar-refractivity contribution is -0.236. The number of carboxylic acid groups (broad SMARTS) is 1. The lowest BCUT2D eigenvalue weighted by atomic mass is 9.43. The smallest absolute Gasteiger partial charge is 0.303 e. The summed E-state index contributed by atoms with van der Waals surface area (Å²) in [7, 11) is 0. The van der Waals surface area contributed by atoms with E-state index in [2.05, 4.69) is 13.8 Å². The van der Waals surface area contributed by atoms with E-state index in [0.29, 0.717) is 30.6 Å². The number of aliphatic hydroxyl groups is 2. The van der Waals surface area contributed by atoms with Gasteiger partial charge in [-0.2, -0.15) is 0 Å². The molecule has 4 fully saturated rings. The highest BCUT2D eigenvalue weighted by Crippen LogP contribution is 2.69. The molecule has 0 amide bonds. The Morgan fingerprint density at radius 1 is 1.07 bits per heavy atom. The maximum absolute atomic E-state index is 14.6. The first-order chi connectivity index (χ1) is 13.9. The Balaban J connectivity index is 1.59. The van der Waals surface area contributed by atoms with Gasteiger partial charge in [0.15, 0.2) is 0 Å². The summed E-state index contributed by atoms with van der Waals surface area (Å²) < 4.78 is 29.1. The molecule has 4 nitrogen and oxygen atoms in total. The van der Waals surface area contributed by atoms with Crippen molar-refractivity contribution in [1.29, 1.82) is 0 Å². The molecule has 4 saturated carbocycles. The topological polar surface area (TPSA) is 77.8 Å². The number of hydrogen-bond donors (Lipinski definition) is 3. The van der Waals surface area contributed by atoms with Gasteiger partial charge in [0.1, 0.15) is 6.10 Å². The zero-order valence-electron chi connectivity index (χ0n) is 18.5. The molecule has 0 aromatic rings. The first kappa shape index (κ1) is 22.4. The van der Waals surface area contributed by atoms with E-state index in [0.717, 1.165) is 25.7 Å². The van der Waals surface area contributed by atoms with E-state index < -0.39 is 29.5 Å². The van der Waals surface area contributed by atoms with Crippen LogP contribution in [0.1, 0.15) is 78.6 Å². The van der Waals surface area contributed by atoms with Crippen LogP contribution in [0.15, 0.2) is 0 Å². The molecule has 30 heavy (non-hydrogen) atoms. The van der Waals surface area contributed by atoms with Crippen molar-refractivity contribution in [2.75, 3.05) is 0 Å². The van der Waals surface area contributed by atoms with Crippen LogP contribution in [0.3, 0.4) is 0 Å². The van der Waals surface area contributed by atoms with Crippen molar-refractivity contribution in [3.63, 3.8) is 0 Å². The number of aliphatic carboxylic acids is 1. The number of fused-ring (bicyclic) bond motifs is 5. The summed E-state index contributed by atoms with van der Waals surface area (Å²) in [5.41, 5.74) is -0.499. The molecule has 4 aliphatic carbocycles. The van der Waals surface area contributed by atoms with Crippen LogP contribution in [-0.4, -0.2) is 39.4 Å². The summed E-state index contributed by atoms with van der Waals surface area (Å²) >= 11 is 0. The van der Waals surface area contributed by atoms with Gasteiger partial charge in [-0.25, -0.2) is 8.78 Å². The Labute approximate surface area is 178 Å². The SMILES string of the molecule is C[C@H](CCC(=O)O)[C@H]1CCC2C3C(O)C[C@@H]4C[C@H](O)C(F)(F)C[C@]4(C)C3CC[C@@]21C. The second kappa shape index (κ2) is 7.40. The molecule has 4 unspecified atom stereocenters. The summed E-state index contributed by atoms with van der Waals surface area (Å²) in [6.07, 6.45) is 2.92. The van der Waals surface area contributed by atoms with Gasteiger partial charge in [0.25, 0.3) is 5.92 Å². The van der Waals surface area contributed by atoms with E-state index in [-0.39, 0.29) is 42.4 Å². The summed E-state index contributed by atoms with van der Waals surface area (Å²) in [6, 6.07) is 0. The number of alkyl halides is 2. The van der Waals surface area contributed by atoms with Gasteiger partial charge in [-0.3, -0.25) is 4.79 Å². The lowest BCUT2D eigenvalue weighted by Crippen LogP contribution is -2.62. The molecule has 0 heterocycles.